The summed E-state index contributed by atoms with van der Waals surface area (Å²) in [4.78, 5) is 0. The van der Waals surface area contributed by atoms with Crippen LogP contribution in [0.4, 0.5) is 0 Å². The number of hydrogen-bond acceptors (Lipinski definition) is 2. The first-order valence-electron chi connectivity index (χ1n) is 7.74. The van der Waals surface area contributed by atoms with Crippen LogP contribution in [0.3, 0.4) is 0 Å². The summed E-state index contributed by atoms with van der Waals surface area (Å²) in [5.74, 6) is 0.816. The van der Waals surface area contributed by atoms with Gasteiger partial charge in [-0.1, -0.05) is 47.5 Å². The Balaban J connectivity index is 1.87. The standard InChI is InChI=1S/C17H26BrNO/c1-3-14-8-10-17(20,11-9-14)12-19-13(2)15-6-4-5-7-16(15)18/h4-7,13-14,19-20H,3,8-12H2,1-2H3. The molecule has 20 heavy (non-hydrogen) atoms. The van der Waals surface area contributed by atoms with Crippen molar-refractivity contribution in [3.63, 3.8) is 0 Å². The lowest BCUT2D eigenvalue weighted by molar-refractivity contribution is -0.0103. The van der Waals surface area contributed by atoms with Gasteiger partial charge in [-0.3, -0.25) is 0 Å². The molecule has 1 unspecified atom stereocenters. The van der Waals surface area contributed by atoms with E-state index in [9.17, 15) is 5.11 Å². The molecule has 3 heteroatoms. The van der Waals surface area contributed by atoms with Gasteiger partial charge in [0.2, 0.25) is 0 Å². The number of halogens is 1. The Labute approximate surface area is 131 Å². The SMILES string of the molecule is CCC1CCC(O)(CNC(C)c2ccccc2Br)CC1. The molecular formula is C17H26BrNO. The minimum atomic E-state index is -0.513. The van der Waals surface area contributed by atoms with Crippen LogP contribution in [0.5, 0.6) is 0 Å². The monoisotopic (exact) mass is 339 g/mol. The molecule has 0 aromatic heterocycles. The van der Waals surface area contributed by atoms with Crippen molar-refractivity contribution >= 4 is 15.9 Å². The van der Waals surface area contributed by atoms with E-state index in [0.29, 0.717) is 6.54 Å². The highest BCUT2D eigenvalue weighted by atomic mass is 79.9. The molecule has 1 aromatic rings. The Morgan fingerprint density at radius 3 is 2.60 bits per heavy atom. The number of aliphatic hydroxyl groups is 1. The van der Waals surface area contributed by atoms with Crippen LogP contribution in [0.1, 0.15) is 57.6 Å². The molecule has 0 aliphatic heterocycles. The van der Waals surface area contributed by atoms with E-state index in [-0.39, 0.29) is 6.04 Å². The first-order valence-corrected chi connectivity index (χ1v) is 8.53. The zero-order valence-corrected chi connectivity index (χ0v) is 14.1. The summed E-state index contributed by atoms with van der Waals surface area (Å²) in [5, 5.41) is 14.2. The predicted molar refractivity (Wildman–Crippen MR) is 87.8 cm³/mol. The minimum absolute atomic E-state index is 0.249. The van der Waals surface area contributed by atoms with Crippen LogP contribution in [0.15, 0.2) is 28.7 Å². The van der Waals surface area contributed by atoms with Gasteiger partial charge in [-0.15, -0.1) is 0 Å². The van der Waals surface area contributed by atoms with Gasteiger partial charge in [-0.2, -0.15) is 0 Å². The van der Waals surface area contributed by atoms with Crippen LogP contribution >= 0.6 is 15.9 Å². The highest BCUT2D eigenvalue weighted by Crippen LogP contribution is 2.33. The highest BCUT2D eigenvalue weighted by Gasteiger charge is 2.32. The molecule has 1 aliphatic rings. The lowest BCUT2D eigenvalue weighted by Gasteiger charge is -2.36. The van der Waals surface area contributed by atoms with Crippen LogP contribution in [0.2, 0.25) is 0 Å². The zero-order valence-electron chi connectivity index (χ0n) is 12.5. The normalized spacial score (nSPS) is 28.3. The fourth-order valence-electron chi connectivity index (χ4n) is 3.08. The van der Waals surface area contributed by atoms with E-state index < -0.39 is 5.60 Å². The zero-order chi connectivity index (χ0) is 14.6. The molecule has 2 nitrogen and oxygen atoms in total. The van der Waals surface area contributed by atoms with Crippen molar-refractivity contribution in [2.24, 2.45) is 5.92 Å². The van der Waals surface area contributed by atoms with E-state index in [1.807, 2.05) is 6.07 Å². The average Bonchev–Trinajstić information content (AvgIpc) is 2.46. The number of benzene rings is 1. The third kappa shape index (κ3) is 4.06. The molecule has 1 aliphatic carbocycles. The second-order valence-electron chi connectivity index (χ2n) is 6.20. The van der Waals surface area contributed by atoms with E-state index in [1.54, 1.807) is 0 Å². The van der Waals surface area contributed by atoms with E-state index >= 15 is 0 Å². The van der Waals surface area contributed by atoms with Gasteiger partial charge in [0.15, 0.2) is 0 Å². The van der Waals surface area contributed by atoms with E-state index in [4.69, 9.17) is 0 Å². The fraction of sp³-hybridized carbons (Fsp3) is 0.647. The number of rotatable bonds is 5. The molecule has 2 rings (SSSR count). The molecule has 0 saturated heterocycles. The first kappa shape index (κ1) is 16.0. The summed E-state index contributed by atoms with van der Waals surface area (Å²) in [6.07, 6.45) is 5.44. The van der Waals surface area contributed by atoms with E-state index in [0.717, 1.165) is 36.1 Å². The van der Waals surface area contributed by atoms with Crippen LogP contribution in [0.25, 0.3) is 0 Å². The van der Waals surface area contributed by atoms with Crippen molar-refractivity contribution in [2.75, 3.05) is 6.54 Å². The van der Waals surface area contributed by atoms with Crippen molar-refractivity contribution < 1.29 is 5.11 Å². The summed E-state index contributed by atoms with van der Waals surface area (Å²) in [5.41, 5.74) is 0.736. The van der Waals surface area contributed by atoms with Crippen molar-refractivity contribution in [1.82, 2.24) is 5.32 Å². The third-order valence-electron chi connectivity index (χ3n) is 4.72. The molecule has 1 aromatic carbocycles. The first-order chi connectivity index (χ1) is 9.54. The fourth-order valence-corrected chi connectivity index (χ4v) is 3.71. The summed E-state index contributed by atoms with van der Waals surface area (Å²) >= 11 is 3.59. The van der Waals surface area contributed by atoms with Crippen LogP contribution in [0, 0.1) is 5.92 Å². The average molecular weight is 340 g/mol. The topological polar surface area (TPSA) is 32.3 Å². The highest BCUT2D eigenvalue weighted by molar-refractivity contribution is 9.10. The van der Waals surface area contributed by atoms with E-state index in [2.05, 4.69) is 53.3 Å². The van der Waals surface area contributed by atoms with Crippen LogP contribution in [-0.2, 0) is 0 Å². The summed E-state index contributed by atoms with van der Waals surface area (Å²) in [7, 11) is 0. The van der Waals surface area contributed by atoms with E-state index in [1.165, 1.54) is 12.0 Å². The van der Waals surface area contributed by atoms with Crippen LogP contribution < -0.4 is 5.32 Å². The molecule has 112 valence electrons. The predicted octanol–water partition coefficient (Wildman–Crippen LogP) is 4.43. The van der Waals surface area contributed by atoms with Gasteiger partial charge in [0, 0.05) is 17.1 Å². The molecule has 1 saturated carbocycles. The van der Waals surface area contributed by atoms with Gasteiger partial charge in [0.05, 0.1) is 5.60 Å². The maximum Gasteiger partial charge on any atom is 0.0772 e. The second-order valence-corrected chi connectivity index (χ2v) is 7.05. The molecule has 0 spiro atoms. The molecule has 1 fully saturated rings. The van der Waals surface area contributed by atoms with Gasteiger partial charge in [0.25, 0.3) is 0 Å². The molecule has 0 bridgehead atoms. The summed E-state index contributed by atoms with van der Waals surface area (Å²) < 4.78 is 1.13. The Morgan fingerprint density at radius 1 is 1.35 bits per heavy atom. The summed E-state index contributed by atoms with van der Waals surface area (Å²) in [6.45, 7) is 5.09. The van der Waals surface area contributed by atoms with Gasteiger partial charge in [-0.25, -0.2) is 0 Å². The maximum atomic E-state index is 10.7. The Morgan fingerprint density at radius 2 is 2.00 bits per heavy atom. The molecule has 2 N–H and O–H groups in total. The molecular weight excluding hydrogens is 314 g/mol. The lowest BCUT2D eigenvalue weighted by Crippen LogP contribution is -2.44. The third-order valence-corrected chi connectivity index (χ3v) is 5.44. The maximum absolute atomic E-state index is 10.7. The Bertz CT molecular complexity index is 427. The minimum Gasteiger partial charge on any atom is -0.389 e. The quantitative estimate of drug-likeness (QED) is 0.831. The van der Waals surface area contributed by atoms with Crippen molar-refractivity contribution in [3.05, 3.63) is 34.3 Å². The van der Waals surface area contributed by atoms with Gasteiger partial charge in [0.1, 0.15) is 0 Å². The summed E-state index contributed by atoms with van der Waals surface area (Å²) in [6, 6.07) is 8.52. The second kappa shape index (κ2) is 7.06. The molecule has 0 heterocycles. The Hall–Kier alpha value is -0.380. The molecule has 0 amide bonds. The largest absolute Gasteiger partial charge is 0.389 e. The molecule has 0 radical (unpaired) electrons. The molecule has 1 atom stereocenters. The van der Waals surface area contributed by atoms with Gasteiger partial charge < -0.3 is 10.4 Å². The van der Waals surface area contributed by atoms with Crippen LogP contribution in [-0.4, -0.2) is 17.3 Å². The Kier molecular flexibility index (Phi) is 5.65. The van der Waals surface area contributed by atoms with Crippen molar-refractivity contribution in [3.8, 4) is 0 Å². The number of hydrogen-bond donors (Lipinski definition) is 2. The number of nitrogens with one attached hydrogen (secondary N) is 1. The smallest absolute Gasteiger partial charge is 0.0772 e. The lowest BCUT2D eigenvalue weighted by atomic mass is 9.77. The van der Waals surface area contributed by atoms with Crippen molar-refractivity contribution in [1.29, 1.82) is 0 Å². The van der Waals surface area contributed by atoms with Gasteiger partial charge in [-0.05, 0) is 50.2 Å². The van der Waals surface area contributed by atoms with Crippen molar-refractivity contribution in [2.45, 2.75) is 57.6 Å². The van der Waals surface area contributed by atoms with Gasteiger partial charge >= 0.3 is 0 Å².